The molecule has 0 spiro atoms. The summed E-state index contributed by atoms with van der Waals surface area (Å²) >= 11 is 17.7. The van der Waals surface area contributed by atoms with Crippen molar-refractivity contribution in [3.05, 3.63) is 45.0 Å². The van der Waals surface area contributed by atoms with E-state index in [4.69, 9.17) is 45.6 Å². The van der Waals surface area contributed by atoms with Gasteiger partial charge < -0.3 is 10.8 Å². The number of benzene rings is 1. The Morgan fingerprint density at radius 2 is 1.74 bits per heavy atom. The minimum atomic E-state index is -1.15. The Balaban J connectivity index is 2.64. The van der Waals surface area contributed by atoms with Crippen LogP contribution in [-0.2, 0) is 0 Å². The second kappa shape index (κ2) is 5.25. The third-order valence-corrected chi connectivity index (χ3v) is 3.60. The second-order valence-electron chi connectivity index (χ2n) is 3.69. The number of nitrogens with two attached hydrogens (primary N) is 1. The van der Waals surface area contributed by atoms with Gasteiger partial charge in [-0.05, 0) is 24.3 Å². The zero-order chi connectivity index (χ0) is 14.2. The quantitative estimate of drug-likeness (QED) is 0.821. The molecule has 0 aliphatic rings. The summed E-state index contributed by atoms with van der Waals surface area (Å²) in [5.41, 5.74) is 6.78. The highest BCUT2D eigenvalue weighted by Gasteiger charge is 2.13. The monoisotopic (exact) mass is 316 g/mol. The fourth-order valence-electron chi connectivity index (χ4n) is 1.51. The van der Waals surface area contributed by atoms with E-state index in [-0.39, 0.29) is 20.8 Å². The van der Waals surface area contributed by atoms with Crippen molar-refractivity contribution in [3.63, 3.8) is 0 Å². The van der Waals surface area contributed by atoms with Gasteiger partial charge >= 0.3 is 5.97 Å². The first kappa shape index (κ1) is 13.9. The van der Waals surface area contributed by atoms with Crippen molar-refractivity contribution in [2.75, 3.05) is 5.73 Å². The third-order valence-electron chi connectivity index (χ3n) is 2.40. The van der Waals surface area contributed by atoms with E-state index in [2.05, 4.69) is 4.98 Å². The minimum absolute atomic E-state index is 0.119. The average molecular weight is 318 g/mol. The predicted molar refractivity (Wildman–Crippen MR) is 76.1 cm³/mol. The number of nitrogen functional groups attached to an aromatic ring is 1. The van der Waals surface area contributed by atoms with Gasteiger partial charge in [-0.1, -0.05) is 34.8 Å². The maximum Gasteiger partial charge on any atom is 0.354 e. The van der Waals surface area contributed by atoms with Gasteiger partial charge in [0.25, 0.3) is 0 Å². The van der Waals surface area contributed by atoms with Crippen molar-refractivity contribution >= 4 is 46.5 Å². The van der Waals surface area contributed by atoms with E-state index in [0.29, 0.717) is 16.9 Å². The van der Waals surface area contributed by atoms with Gasteiger partial charge in [-0.25, -0.2) is 9.78 Å². The smallest absolute Gasteiger partial charge is 0.354 e. The largest absolute Gasteiger partial charge is 0.477 e. The fourth-order valence-corrected chi connectivity index (χ4v) is 2.11. The topological polar surface area (TPSA) is 76.2 Å². The van der Waals surface area contributed by atoms with Gasteiger partial charge in [0.15, 0.2) is 0 Å². The van der Waals surface area contributed by atoms with Crippen molar-refractivity contribution in [2.24, 2.45) is 0 Å². The number of hydrogen-bond acceptors (Lipinski definition) is 3. The fraction of sp³-hybridized carbons (Fsp3) is 0. The lowest BCUT2D eigenvalue weighted by atomic mass is 10.1. The molecule has 98 valence electrons. The summed E-state index contributed by atoms with van der Waals surface area (Å²) in [5.74, 6) is -1.15. The Kier molecular flexibility index (Phi) is 3.85. The molecule has 0 amide bonds. The predicted octanol–water partition coefficient (Wildman–Crippen LogP) is 3.99. The molecule has 3 N–H and O–H groups in total. The highest BCUT2D eigenvalue weighted by atomic mass is 35.5. The number of hydrogen-bond donors (Lipinski definition) is 2. The number of anilines is 1. The van der Waals surface area contributed by atoms with Crippen LogP contribution in [0, 0.1) is 0 Å². The zero-order valence-corrected chi connectivity index (χ0v) is 11.6. The van der Waals surface area contributed by atoms with E-state index >= 15 is 0 Å². The van der Waals surface area contributed by atoms with Gasteiger partial charge in [-0.15, -0.1) is 0 Å². The summed E-state index contributed by atoms with van der Waals surface area (Å²) in [5, 5.41) is 9.63. The molecule has 1 aromatic heterocycles. The maximum absolute atomic E-state index is 10.9. The van der Waals surface area contributed by atoms with Crippen LogP contribution in [0.15, 0.2) is 24.3 Å². The normalized spacial score (nSPS) is 10.5. The summed E-state index contributed by atoms with van der Waals surface area (Å²) in [4.78, 5) is 14.9. The van der Waals surface area contributed by atoms with Gasteiger partial charge in [0.05, 0.1) is 26.4 Å². The van der Waals surface area contributed by atoms with Gasteiger partial charge in [0.2, 0.25) is 0 Å². The Hall–Kier alpha value is -1.49. The van der Waals surface area contributed by atoms with E-state index in [9.17, 15) is 4.79 Å². The molecule has 2 rings (SSSR count). The molecular weight excluding hydrogens is 311 g/mol. The van der Waals surface area contributed by atoms with Gasteiger partial charge in [0.1, 0.15) is 5.69 Å². The molecule has 0 atom stereocenters. The van der Waals surface area contributed by atoms with Crippen LogP contribution >= 0.6 is 34.8 Å². The van der Waals surface area contributed by atoms with E-state index in [1.54, 1.807) is 0 Å². The number of carboxylic acids is 1. The van der Waals surface area contributed by atoms with Crippen LogP contribution in [0.3, 0.4) is 0 Å². The molecule has 0 aliphatic heterocycles. The molecule has 0 saturated carbocycles. The van der Waals surface area contributed by atoms with Gasteiger partial charge in [-0.3, -0.25) is 0 Å². The molecule has 0 aliphatic carbocycles. The summed E-state index contributed by atoms with van der Waals surface area (Å²) in [6.07, 6.45) is 0. The third kappa shape index (κ3) is 2.76. The van der Waals surface area contributed by atoms with Crippen LogP contribution in [0.4, 0.5) is 5.69 Å². The lowest BCUT2D eigenvalue weighted by molar-refractivity contribution is 0.0690. The molecule has 1 heterocycles. The lowest BCUT2D eigenvalue weighted by Crippen LogP contribution is -2.03. The summed E-state index contributed by atoms with van der Waals surface area (Å²) in [7, 11) is 0. The Morgan fingerprint density at radius 3 is 2.26 bits per heavy atom. The van der Waals surface area contributed by atoms with Gasteiger partial charge in [-0.2, -0.15) is 0 Å². The number of nitrogens with zero attached hydrogens (tertiary/aromatic N) is 1. The van der Waals surface area contributed by atoms with Crippen LogP contribution in [0.25, 0.3) is 11.3 Å². The Labute approximate surface area is 123 Å². The molecule has 19 heavy (non-hydrogen) atoms. The van der Waals surface area contributed by atoms with Crippen LogP contribution in [0.2, 0.25) is 15.1 Å². The van der Waals surface area contributed by atoms with Crippen molar-refractivity contribution in [1.82, 2.24) is 4.98 Å². The first-order valence-corrected chi connectivity index (χ1v) is 6.18. The standard InChI is InChI=1S/C12H7Cl3N2O2/c13-6-3-5(4-7(14)10(6)15)11-8(16)1-2-9(17-11)12(18)19/h1-4H,16H2,(H,18,19). The molecule has 0 radical (unpaired) electrons. The first-order valence-electron chi connectivity index (χ1n) is 5.05. The number of halogens is 3. The molecule has 7 heteroatoms. The number of carbonyl (C=O) groups is 1. The molecule has 0 fully saturated rings. The zero-order valence-electron chi connectivity index (χ0n) is 9.32. The minimum Gasteiger partial charge on any atom is -0.477 e. The summed E-state index contributed by atoms with van der Waals surface area (Å²) in [6, 6.07) is 5.84. The lowest BCUT2D eigenvalue weighted by Gasteiger charge is -2.08. The van der Waals surface area contributed by atoms with E-state index < -0.39 is 5.97 Å². The number of pyridine rings is 1. The van der Waals surface area contributed by atoms with E-state index in [1.807, 2.05) is 0 Å². The van der Waals surface area contributed by atoms with Crippen molar-refractivity contribution < 1.29 is 9.90 Å². The van der Waals surface area contributed by atoms with Crippen molar-refractivity contribution in [3.8, 4) is 11.3 Å². The van der Waals surface area contributed by atoms with Crippen molar-refractivity contribution in [2.45, 2.75) is 0 Å². The van der Waals surface area contributed by atoms with Crippen LogP contribution in [0.1, 0.15) is 10.5 Å². The molecule has 0 bridgehead atoms. The second-order valence-corrected chi connectivity index (χ2v) is 4.89. The van der Waals surface area contributed by atoms with Crippen molar-refractivity contribution in [1.29, 1.82) is 0 Å². The number of aromatic carboxylic acids is 1. The number of aromatic nitrogens is 1. The Morgan fingerprint density at radius 1 is 1.16 bits per heavy atom. The molecule has 2 aromatic rings. The van der Waals surface area contributed by atoms with Crippen LogP contribution < -0.4 is 5.73 Å². The van der Waals surface area contributed by atoms with E-state index in [1.165, 1.54) is 24.3 Å². The Bertz CT molecular complexity index is 651. The van der Waals surface area contributed by atoms with E-state index in [0.717, 1.165) is 0 Å². The highest BCUT2D eigenvalue weighted by Crippen LogP contribution is 2.36. The molecule has 1 aromatic carbocycles. The average Bonchev–Trinajstić information content (AvgIpc) is 2.35. The van der Waals surface area contributed by atoms with Gasteiger partial charge in [0, 0.05) is 5.56 Å². The molecule has 0 unspecified atom stereocenters. The molecule has 4 nitrogen and oxygen atoms in total. The van der Waals surface area contributed by atoms with Crippen LogP contribution in [-0.4, -0.2) is 16.1 Å². The highest BCUT2D eigenvalue weighted by molar-refractivity contribution is 6.48. The number of rotatable bonds is 2. The summed E-state index contributed by atoms with van der Waals surface area (Å²) in [6.45, 7) is 0. The van der Waals surface area contributed by atoms with Crippen LogP contribution in [0.5, 0.6) is 0 Å². The SMILES string of the molecule is Nc1ccc(C(=O)O)nc1-c1cc(Cl)c(Cl)c(Cl)c1. The molecule has 0 saturated heterocycles. The molecular formula is C12H7Cl3N2O2. The summed E-state index contributed by atoms with van der Waals surface area (Å²) < 4.78 is 0. The maximum atomic E-state index is 10.9. The number of carboxylic acid groups (broad SMARTS) is 1. The first-order chi connectivity index (χ1) is 8.90.